The van der Waals surface area contributed by atoms with Gasteiger partial charge in [-0.25, -0.2) is 4.99 Å². The molecule has 0 fully saturated rings. The Labute approximate surface area is 124 Å². The van der Waals surface area contributed by atoms with Crippen LogP contribution in [0.4, 0.5) is 17.1 Å². The summed E-state index contributed by atoms with van der Waals surface area (Å²) in [5, 5.41) is 3.37. The number of ether oxygens (including phenoxy) is 1. The van der Waals surface area contributed by atoms with Crippen LogP contribution in [-0.4, -0.2) is 11.9 Å². The van der Waals surface area contributed by atoms with E-state index in [0.717, 1.165) is 29.4 Å². The third kappa shape index (κ3) is 2.84. The second kappa shape index (κ2) is 5.48. The molecule has 1 heterocycles. The maximum atomic E-state index is 6.00. The Hall–Kier alpha value is -2.49. The summed E-state index contributed by atoms with van der Waals surface area (Å²) in [6, 6.07) is 13.8. The highest BCUT2D eigenvalue weighted by atomic mass is 16.5. The number of anilines is 2. The number of nitrogens with one attached hydrogen (secondary N) is 1. The Morgan fingerprint density at radius 2 is 2.10 bits per heavy atom. The fourth-order valence-corrected chi connectivity index (χ4v) is 2.38. The SMILES string of the molecule is CCC1Oc2cc(N)ccc2N=C1Nc1cccc(C)c1. The van der Waals surface area contributed by atoms with E-state index in [4.69, 9.17) is 10.5 Å². The van der Waals surface area contributed by atoms with Crippen LogP contribution in [0.15, 0.2) is 47.5 Å². The van der Waals surface area contributed by atoms with Gasteiger partial charge in [0.15, 0.2) is 6.10 Å². The van der Waals surface area contributed by atoms with E-state index in [1.165, 1.54) is 5.56 Å². The smallest absolute Gasteiger partial charge is 0.156 e. The normalized spacial score (nSPS) is 16.7. The van der Waals surface area contributed by atoms with E-state index >= 15 is 0 Å². The number of aryl methyl sites for hydroxylation is 1. The first-order chi connectivity index (χ1) is 10.2. The molecule has 1 atom stereocenters. The van der Waals surface area contributed by atoms with Gasteiger partial charge in [0, 0.05) is 17.4 Å². The lowest BCUT2D eigenvalue weighted by atomic mass is 10.1. The van der Waals surface area contributed by atoms with Crippen molar-refractivity contribution in [1.82, 2.24) is 0 Å². The summed E-state index contributed by atoms with van der Waals surface area (Å²) in [5.41, 5.74) is 9.53. The first-order valence-electron chi connectivity index (χ1n) is 7.14. The molecule has 0 spiro atoms. The van der Waals surface area contributed by atoms with Gasteiger partial charge in [-0.3, -0.25) is 0 Å². The van der Waals surface area contributed by atoms with Crippen LogP contribution in [-0.2, 0) is 0 Å². The van der Waals surface area contributed by atoms with E-state index in [0.29, 0.717) is 5.69 Å². The zero-order chi connectivity index (χ0) is 14.8. The fraction of sp³-hybridized carbons (Fsp3) is 0.235. The van der Waals surface area contributed by atoms with Crippen LogP contribution >= 0.6 is 0 Å². The Bertz CT molecular complexity index is 694. The number of nitrogen functional groups attached to an aromatic ring is 1. The van der Waals surface area contributed by atoms with Gasteiger partial charge in [-0.05, 0) is 43.2 Å². The summed E-state index contributed by atoms with van der Waals surface area (Å²) < 4.78 is 6.00. The van der Waals surface area contributed by atoms with Crippen LogP contribution in [0.5, 0.6) is 5.75 Å². The third-order valence-electron chi connectivity index (χ3n) is 3.46. The molecule has 2 aromatic rings. The van der Waals surface area contributed by atoms with E-state index in [2.05, 4.69) is 36.3 Å². The van der Waals surface area contributed by atoms with Crippen molar-refractivity contribution in [1.29, 1.82) is 0 Å². The number of hydrogen-bond donors (Lipinski definition) is 2. The minimum absolute atomic E-state index is 0.0835. The Morgan fingerprint density at radius 3 is 2.86 bits per heavy atom. The molecule has 108 valence electrons. The van der Waals surface area contributed by atoms with Crippen LogP contribution in [0.1, 0.15) is 18.9 Å². The van der Waals surface area contributed by atoms with Crippen molar-refractivity contribution in [2.45, 2.75) is 26.4 Å². The summed E-state index contributed by atoms with van der Waals surface area (Å²) in [5.74, 6) is 1.58. The summed E-state index contributed by atoms with van der Waals surface area (Å²) in [6.07, 6.45) is 0.756. The van der Waals surface area contributed by atoms with Crippen LogP contribution in [0.3, 0.4) is 0 Å². The van der Waals surface area contributed by atoms with Crippen molar-refractivity contribution in [3.8, 4) is 5.75 Å². The Morgan fingerprint density at radius 1 is 1.24 bits per heavy atom. The van der Waals surface area contributed by atoms with E-state index in [-0.39, 0.29) is 6.10 Å². The molecule has 4 nitrogen and oxygen atoms in total. The molecule has 21 heavy (non-hydrogen) atoms. The van der Waals surface area contributed by atoms with Crippen LogP contribution in [0.2, 0.25) is 0 Å². The van der Waals surface area contributed by atoms with Gasteiger partial charge in [0.25, 0.3) is 0 Å². The lowest BCUT2D eigenvalue weighted by molar-refractivity contribution is 0.259. The molecule has 0 saturated heterocycles. The minimum atomic E-state index is -0.0835. The maximum Gasteiger partial charge on any atom is 0.156 e. The average Bonchev–Trinajstić information content (AvgIpc) is 2.47. The first-order valence-corrected chi connectivity index (χ1v) is 7.14. The number of nitrogens with zero attached hydrogens (tertiary/aromatic N) is 1. The summed E-state index contributed by atoms with van der Waals surface area (Å²) >= 11 is 0. The molecular formula is C17H19N3O. The molecule has 2 aromatic carbocycles. The Kier molecular flexibility index (Phi) is 3.52. The minimum Gasteiger partial charge on any atom is -0.480 e. The van der Waals surface area contributed by atoms with Crippen LogP contribution in [0, 0.1) is 6.92 Å². The van der Waals surface area contributed by atoms with Gasteiger partial charge >= 0.3 is 0 Å². The molecule has 3 N–H and O–H groups in total. The zero-order valence-corrected chi connectivity index (χ0v) is 12.3. The number of fused-ring (bicyclic) bond motifs is 1. The summed E-state index contributed by atoms with van der Waals surface area (Å²) in [6.45, 7) is 4.15. The lowest BCUT2D eigenvalue weighted by Crippen LogP contribution is -2.34. The highest BCUT2D eigenvalue weighted by Crippen LogP contribution is 2.35. The van der Waals surface area contributed by atoms with Gasteiger partial charge in [-0.15, -0.1) is 0 Å². The van der Waals surface area contributed by atoms with E-state index in [1.54, 1.807) is 0 Å². The van der Waals surface area contributed by atoms with Gasteiger partial charge in [-0.1, -0.05) is 19.1 Å². The molecular weight excluding hydrogens is 262 g/mol. The standard InChI is InChI=1S/C17H19N3O/c1-3-15-17(19-13-6-4-5-11(2)9-13)20-14-8-7-12(18)10-16(14)21-15/h4-10,15H,3,18H2,1-2H3,(H,19,20). The van der Waals surface area contributed by atoms with Crippen molar-refractivity contribution >= 4 is 22.9 Å². The second-order valence-electron chi connectivity index (χ2n) is 5.23. The molecule has 0 aromatic heterocycles. The van der Waals surface area contributed by atoms with E-state index in [1.807, 2.05) is 30.3 Å². The first kappa shape index (κ1) is 13.5. The van der Waals surface area contributed by atoms with Gasteiger partial charge < -0.3 is 15.8 Å². The van der Waals surface area contributed by atoms with Crippen molar-refractivity contribution in [3.05, 3.63) is 48.0 Å². The Balaban J connectivity index is 1.94. The molecule has 0 aliphatic carbocycles. The van der Waals surface area contributed by atoms with Crippen LogP contribution in [0.25, 0.3) is 0 Å². The highest BCUT2D eigenvalue weighted by molar-refractivity contribution is 6.02. The highest BCUT2D eigenvalue weighted by Gasteiger charge is 2.23. The monoisotopic (exact) mass is 281 g/mol. The van der Waals surface area contributed by atoms with E-state index in [9.17, 15) is 0 Å². The van der Waals surface area contributed by atoms with E-state index < -0.39 is 0 Å². The van der Waals surface area contributed by atoms with Crippen molar-refractivity contribution < 1.29 is 4.74 Å². The molecule has 1 unspecified atom stereocenters. The summed E-state index contributed by atoms with van der Waals surface area (Å²) in [7, 11) is 0. The lowest BCUT2D eigenvalue weighted by Gasteiger charge is -2.26. The van der Waals surface area contributed by atoms with Gasteiger partial charge in [-0.2, -0.15) is 0 Å². The molecule has 0 radical (unpaired) electrons. The van der Waals surface area contributed by atoms with Crippen LogP contribution < -0.4 is 15.8 Å². The van der Waals surface area contributed by atoms with Gasteiger partial charge in [0.2, 0.25) is 0 Å². The second-order valence-corrected chi connectivity index (χ2v) is 5.23. The molecule has 1 aliphatic rings. The molecule has 0 bridgehead atoms. The van der Waals surface area contributed by atoms with Gasteiger partial charge in [0.1, 0.15) is 17.3 Å². The predicted molar refractivity (Wildman–Crippen MR) is 87.5 cm³/mol. The third-order valence-corrected chi connectivity index (χ3v) is 3.46. The topological polar surface area (TPSA) is 59.6 Å². The van der Waals surface area contributed by atoms with Crippen molar-refractivity contribution in [3.63, 3.8) is 0 Å². The summed E-state index contributed by atoms with van der Waals surface area (Å²) in [4.78, 5) is 4.69. The molecule has 3 rings (SSSR count). The number of aliphatic imine (C=N–C) groups is 1. The fourth-order valence-electron chi connectivity index (χ4n) is 2.38. The van der Waals surface area contributed by atoms with Crippen molar-refractivity contribution in [2.24, 2.45) is 4.99 Å². The number of rotatable bonds is 2. The number of hydrogen-bond acceptors (Lipinski definition) is 4. The largest absolute Gasteiger partial charge is 0.480 e. The molecule has 0 amide bonds. The number of benzene rings is 2. The maximum absolute atomic E-state index is 6.00. The van der Waals surface area contributed by atoms with Gasteiger partial charge in [0.05, 0.1) is 0 Å². The molecule has 1 aliphatic heterocycles. The average molecular weight is 281 g/mol. The molecule has 4 heteroatoms. The zero-order valence-electron chi connectivity index (χ0n) is 12.3. The number of amidine groups is 1. The molecule has 0 saturated carbocycles. The quantitative estimate of drug-likeness (QED) is 0.821. The van der Waals surface area contributed by atoms with Crippen molar-refractivity contribution in [2.75, 3.05) is 11.1 Å². The number of nitrogens with two attached hydrogens (primary N) is 1. The predicted octanol–water partition coefficient (Wildman–Crippen LogP) is 3.89.